The highest BCUT2D eigenvalue weighted by atomic mass is 32.2. The van der Waals surface area contributed by atoms with E-state index in [2.05, 4.69) is 52.5 Å². The van der Waals surface area contributed by atoms with Crippen LogP contribution >= 0.6 is 11.8 Å². The lowest BCUT2D eigenvalue weighted by Gasteiger charge is -2.25. The summed E-state index contributed by atoms with van der Waals surface area (Å²) in [5.41, 5.74) is 4.19. The minimum atomic E-state index is -0.210. The number of aromatic nitrogens is 1. The zero-order valence-corrected chi connectivity index (χ0v) is 18.3. The quantitative estimate of drug-likeness (QED) is 0.665. The predicted octanol–water partition coefficient (Wildman–Crippen LogP) is 4.15. The zero-order chi connectivity index (χ0) is 21.0. The van der Waals surface area contributed by atoms with Crippen LogP contribution in [-0.4, -0.2) is 42.7 Å². The van der Waals surface area contributed by atoms with Crippen molar-refractivity contribution in [3.05, 3.63) is 58.3 Å². The second-order valence-electron chi connectivity index (χ2n) is 7.65. The Balaban J connectivity index is 1.81. The van der Waals surface area contributed by atoms with E-state index in [1.807, 2.05) is 26.4 Å². The molecule has 0 saturated heterocycles. The van der Waals surface area contributed by atoms with Crippen molar-refractivity contribution in [2.24, 2.45) is 0 Å². The minimum absolute atomic E-state index is 0.0557. The summed E-state index contributed by atoms with van der Waals surface area (Å²) in [5, 5.41) is 13.3. The Labute approximate surface area is 177 Å². The highest BCUT2D eigenvalue weighted by Gasteiger charge is 2.28. The number of nitriles is 1. The molecule has 1 N–H and O–H groups in total. The molecule has 1 saturated carbocycles. The monoisotopic (exact) mass is 408 g/mol. The van der Waals surface area contributed by atoms with E-state index >= 15 is 0 Å². The zero-order valence-electron chi connectivity index (χ0n) is 17.5. The standard InChI is InChI=1S/C23H28N4OS/c1-5-15-6-8-17(9-7-15)21(27(2)3)14-25-22(28)18-12-20(16-10-11-16)26-23(29-4)19(18)13-24/h6-9,12,16,21H,5,10-11,14H2,1-4H3,(H,25,28)/t21-/m1/s1. The van der Waals surface area contributed by atoms with E-state index in [1.54, 1.807) is 0 Å². The van der Waals surface area contributed by atoms with Crippen molar-refractivity contribution in [3.8, 4) is 6.07 Å². The third-order valence-corrected chi connectivity index (χ3v) is 6.09. The van der Waals surface area contributed by atoms with Crippen LogP contribution in [0.15, 0.2) is 35.4 Å². The number of pyridine rings is 1. The Morgan fingerprint density at radius 1 is 1.34 bits per heavy atom. The first-order chi connectivity index (χ1) is 14.0. The number of rotatable bonds is 8. The van der Waals surface area contributed by atoms with Crippen molar-refractivity contribution in [2.45, 2.75) is 43.2 Å². The molecule has 2 aromatic rings. The molecule has 3 rings (SSSR count). The van der Waals surface area contributed by atoms with Gasteiger partial charge in [-0.2, -0.15) is 5.26 Å². The Kier molecular flexibility index (Phi) is 6.94. The van der Waals surface area contributed by atoms with E-state index in [0.29, 0.717) is 28.6 Å². The van der Waals surface area contributed by atoms with Gasteiger partial charge in [-0.15, -0.1) is 11.8 Å². The number of thioether (sulfide) groups is 1. The van der Waals surface area contributed by atoms with E-state index in [1.165, 1.54) is 17.3 Å². The molecule has 1 aliphatic rings. The fraction of sp³-hybridized carbons (Fsp3) is 0.435. The first kappa shape index (κ1) is 21.4. The fourth-order valence-corrected chi connectivity index (χ4v) is 3.98. The van der Waals surface area contributed by atoms with Crippen LogP contribution in [0.4, 0.5) is 0 Å². The molecule has 1 fully saturated rings. The maximum Gasteiger partial charge on any atom is 0.252 e. The van der Waals surface area contributed by atoms with Gasteiger partial charge in [0.1, 0.15) is 11.1 Å². The average molecular weight is 409 g/mol. The maximum absolute atomic E-state index is 13.0. The third kappa shape index (κ3) is 4.98. The van der Waals surface area contributed by atoms with Gasteiger partial charge in [0.2, 0.25) is 0 Å². The molecular formula is C23H28N4OS. The summed E-state index contributed by atoms with van der Waals surface area (Å²) in [5.74, 6) is 0.213. The average Bonchev–Trinajstić information content (AvgIpc) is 3.58. The summed E-state index contributed by atoms with van der Waals surface area (Å²) in [4.78, 5) is 19.7. The van der Waals surface area contributed by atoms with Gasteiger partial charge in [0.25, 0.3) is 5.91 Å². The number of amides is 1. The third-order valence-electron chi connectivity index (χ3n) is 5.40. The Bertz CT molecular complexity index is 914. The van der Waals surface area contributed by atoms with Crippen molar-refractivity contribution >= 4 is 17.7 Å². The van der Waals surface area contributed by atoms with E-state index in [0.717, 1.165) is 30.5 Å². The van der Waals surface area contributed by atoms with Crippen LogP contribution < -0.4 is 5.32 Å². The Hall–Kier alpha value is -2.36. The molecule has 152 valence electrons. The number of carbonyl (C=O) groups excluding carboxylic acids is 1. The van der Waals surface area contributed by atoms with Crippen molar-refractivity contribution in [1.82, 2.24) is 15.2 Å². The van der Waals surface area contributed by atoms with E-state index < -0.39 is 0 Å². The summed E-state index contributed by atoms with van der Waals surface area (Å²) < 4.78 is 0. The van der Waals surface area contributed by atoms with Gasteiger partial charge in [0, 0.05) is 18.2 Å². The minimum Gasteiger partial charge on any atom is -0.350 e. The molecule has 1 atom stereocenters. The molecule has 1 aromatic heterocycles. The van der Waals surface area contributed by atoms with Gasteiger partial charge >= 0.3 is 0 Å². The highest BCUT2D eigenvalue weighted by Crippen LogP contribution is 2.40. The van der Waals surface area contributed by atoms with Crippen molar-refractivity contribution in [3.63, 3.8) is 0 Å². The topological polar surface area (TPSA) is 69.0 Å². The highest BCUT2D eigenvalue weighted by molar-refractivity contribution is 7.98. The lowest BCUT2D eigenvalue weighted by atomic mass is 10.0. The van der Waals surface area contributed by atoms with Gasteiger partial charge in [0.05, 0.1) is 17.2 Å². The number of nitrogens with one attached hydrogen (secondary N) is 1. The maximum atomic E-state index is 13.0. The first-order valence-electron chi connectivity index (χ1n) is 10.0. The van der Waals surface area contributed by atoms with Crippen molar-refractivity contribution < 1.29 is 4.79 Å². The molecule has 0 unspecified atom stereocenters. The lowest BCUT2D eigenvalue weighted by molar-refractivity contribution is 0.0941. The molecule has 0 spiro atoms. The van der Waals surface area contributed by atoms with Gasteiger partial charge in [-0.1, -0.05) is 31.2 Å². The lowest BCUT2D eigenvalue weighted by Crippen LogP contribution is -2.35. The van der Waals surface area contributed by atoms with Crippen LogP contribution in [0.5, 0.6) is 0 Å². The molecule has 6 heteroatoms. The number of nitrogens with zero attached hydrogens (tertiary/aromatic N) is 3. The first-order valence-corrected chi connectivity index (χ1v) is 11.2. The summed E-state index contributed by atoms with van der Waals surface area (Å²) in [6.07, 6.45) is 5.10. The van der Waals surface area contributed by atoms with Gasteiger partial charge in [-0.3, -0.25) is 4.79 Å². The van der Waals surface area contributed by atoms with Crippen LogP contribution in [0, 0.1) is 11.3 Å². The van der Waals surface area contributed by atoms with Crippen molar-refractivity contribution in [2.75, 3.05) is 26.9 Å². The molecule has 0 radical (unpaired) electrons. The summed E-state index contributed by atoms with van der Waals surface area (Å²) >= 11 is 1.42. The van der Waals surface area contributed by atoms with Crippen LogP contribution in [0.25, 0.3) is 0 Å². The number of carbonyl (C=O) groups is 1. The molecule has 5 nitrogen and oxygen atoms in total. The second kappa shape index (κ2) is 9.43. The van der Waals surface area contributed by atoms with Gasteiger partial charge in [0.15, 0.2) is 0 Å². The summed E-state index contributed by atoms with van der Waals surface area (Å²) in [6.45, 7) is 2.61. The normalized spacial score (nSPS) is 14.5. The summed E-state index contributed by atoms with van der Waals surface area (Å²) in [7, 11) is 4.02. The predicted molar refractivity (Wildman–Crippen MR) is 117 cm³/mol. The molecule has 0 bridgehead atoms. The van der Waals surface area contributed by atoms with Crippen LogP contribution in [-0.2, 0) is 6.42 Å². The largest absolute Gasteiger partial charge is 0.350 e. The molecule has 0 aliphatic heterocycles. The van der Waals surface area contributed by atoms with E-state index in [-0.39, 0.29) is 11.9 Å². The molecule has 1 aromatic carbocycles. The van der Waals surface area contributed by atoms with Gasteiger partial charge in [-0.05, 0) is 56.8 Å². The molecular weight excluding hydrogens is 380 g/mol. The van der Waals surface area contributed by atoms with E-state index in [9.17, 15) is 10.1 Å². The number of hydrogen-bond donors (Lipinski definition) is 1. The Morgan fingerprint density at radius 2 is 2.03 bits per heavy atom. The van der Waals surface area contributed by atoms with Gasteiger partial charge in [-0.25, -0.2) is 4.98 Å². The molecule has 1 amide bonds. The SMILES string of the molecule is CCc1ccc([C@@H](CNC(=O)c2cc(C3CC3)nc(SC)c2C#N)N(C)C)cc1. The van der Waals surface area contributed by atoms with Crippen molar-refractivity contribution in [1.29, 1.82) is 5.26 Å². The molecule has 1 heterocycles. The second-order valence-corrected chi connectivity index (χ2v) is 8.44. The fourth-order valence-electron chi connectivity index (χ4n) is 3.42. The smallest absolute Gasteiger partial charge is 0.252 e. The molecule has 29 heavy (non-hydrogen) atoms. The van der Waals surface area contributed by atoms with Gasteiger partial charge < -0.3 is 10.2 Å². The number of hydrogen-bond acceptors (Lipinski definition) is 5. The van der Waals surface area contributed by atoms with Crippen LogP contribution in [0.2, 0.25) is 0 Å². The molecule has 1 aliphatic carbocycles. The number of aryl methyl sites for hydroxylation is 1. The number of likely N-dealkylation sites (N-methyl/N-ethyl adjacent to an activating group) is 1. The van der Waals surface area contributed by atoms with Crippen LogP contribution in [0.1, 0.15) is 64.5 Å². The number of benzene rings is 1. The Morgan fingerprint density at radius 3 is 2.55 bits per heavy atom. The summed E-state index contributed by atoms with van der Waals surface area (Å²) in [6, 6.07) is 12.6. The van der Waals surface area contributed by atoms with Crippen LogP contribution in [0.3, 0.4) is 0 Å². The van der Waals surface area contributed by atoms with E-state index in [4.69, 9.17) is 0 Å².